The Morgan fingerprint density at radius 2 is 1.14 bits per heavy atom. The third-order valence-electron chi connectivity index (χ3n) is 7.29. The molecular formula is C29H50N2O3S. The Hall–Kier alpha value is -1.63. The summed E-state index contributed by atoms with van der Waals surface area (Å²) < 4.78 is 34.8. The molecule has 0 saturated heterocycles. The molecule has 0 spiro atoms. The molecule has 0 amide bonds. The minimum atomic E-state index is -4.27. The average Bonchev–Trinajstić information content (AvgIpc) is 3.36. The predicted octanol–water partition coefficient (Wildman–Crippen LogP) is 7.16. The van der Waals surface area contributed by atoms with E-state index < -0.39 is 10.1 Å². The van der Waals surface area contributed by atoms with Gasteiger partial charge in [0.1, 0.15) is 10.1 Å². The van der Waals surface area contributed by atoms with Crippen LogP contribution in [0.2, 0.25) is 0 Å². The Labute approximate surface area is 215 Å². The van der Waals surface area contributed by atoms with Crippen molar-refractivity contribution in [1.82, 2.24) is 4.57 Å². The molecule has 0 saturated carbocycles. The maximum atomic E-state index is 10.4. The highest BCUT2D eigenvalue weighted by Gasteiger charge is 2.19. The largest absolute Gasteiger partial charge is 0.744 e. The first kappa shape index (κ1) is 31.4. The SMILES string of the molecule is CC[N+](CC)(CC)CCCCCCCCCCCCn1cccc1.Cc1ccc(S(=O)(=O)[O-])cc1. The molecule has 2 rings (SSSR count). The molecule has 1 aromatic carbocycles. The van der Waals surface area contributed by atoms with Gasteiger partial charge in [0.2, 0.25) is 0 Å². The number of aryl methyl sites for hydroxylation is 2. The summed E-state index contributed by atoms with van der Waals surface area (Å²) >= 11 is 0. The summed E-state index contributed by atoms with van der Waals surface area (Å²) in [4.78, 5) is -0.178. The number of benzene rings is 1. The van der Waals surface area contributed by atoms with Crippen molar-refractivity contribution in [3.63, 3.8) is 0 Å². The Kier molecular flexibility index (Phi) is 15.9. The van der Waals surface area contributed by atoms with Crippen LogP contribution in [0.25, 0.3) is 0 Å². The lowest BCUT2D eigenvalue weighted by molar-refractivity contribution is -0.923. The van der Waals surface area contributed by atoms with Gasteiger partial charge in [-0.15, -0.1) is 0 Å². The molecule has 0 aliphatic rings. The van der Waals surface area contributed by atoms with Crippen molar-refractivity contribution in [2.75, 3.05) is 26.2 Å². The number of quaternary nitrogens is 1. The second-order valence-corrected chi connectivity index (χ2v) is 11.1. The van der Waals surface area contributed by atoms with Gasteiger partial charge in [-0.25, -0.2) is 8.42 Å². The van der Waals surface area contributed by atoms with Gasteiger partial charge in [-0.3, -0.25) is 0 Å². The first-order valence-electron chi connectivity index (χ1n) is 13.7. The summed E-state index contributed by atoms with van der Waals surface area (Å²) in [5.74, 6) is 0. The first-order valence-corrected chi connectivity index (χ1v) is 15.2. The van der Waals surface area contributed by atoms with E-state index in [1.165, 1.54) is 114 Å². The molecule has 0 atom stereocenters. The quantitative estimate of drug-likeness (QED) is 0.130. The molecule has 35 heavy (non-hydrogen) atoms. The number of nitrogens with zero attached hydrogens (tertiary/aromatic N) is 2. The minimum absolute atomic E-state index is 0.178. The Morgan fingerprint density at radius 3 is 1.57 bits per heavy atom. The zero-order valence-corrected chi connectivity index (χ0v) is 23.6. The highest BCUT2D eigenvalue weighted by atomic mass is 32.2. The predicted molar refractivity (Wildman–Crippen MR) is 146 cm³/mol. The highest BCUT2D eigenvalue weighted by molar-refractivity contribution is 7.85. The molecule has 0 aliphatic carbocycles. The molecule has 0 unspecified atom stereocenters. The van der Waals surface area contributed by atoms with E-state index in [-0.39, 0.29) is 4.90 Å². The van der Waals surface area contributed by atoms with Gasteiger partial charge in [-0.2, -0.15) is 0 Å². The molecule has 0 bridgehead atoms. The van der Waals surface area contributed by atoms with E-state index in [2.05, 4.69) is 49.9 Å². The van der Waals surface area contributed by atoms with Crippen molar-refractivity contribution in [3.8, 4) is 0 Å². The minimum Gasteiger partial charge on any atom is -0.744 e. The van der Waals surface area contributed by atoms with E-state index in [1.54, 1.807) is 12.1 Å². The van der Waals surface area contributed by atoms with Gasteiger partial charge in [-0.05, 0) is 71.2 Å². The van der Waals surface area contributed by atoms with E-state index in [4.69, 9.17) is 0 Å². The van der Waals surface area contributed by atoms with Crippen LogP contribution in [-0.2, 0) is 16.7 Å². The Bertz CT molecular complexity index is 850. The standard InChI is InChI=1S/C22H43N2.C7H8O3S/c1-4-24(5-2,6-3)22-18-14-12-10-8-7-9-11-13-15-19-23-20-16-17-21-23;1-6-2-4-7(5-3-6)11(8,9)10/h16-17,20-21H,4-15,18-19,22H2,1-3H3;2-5H,1H3,(H,8,9,10)/q+1;/p-1. The molecule has 1 heterocycles. The lowest BCUT2D eigenvalue weighted by atomic mass is 10.1. The van der Waals surface area contributed by atoms with Crippen LogP contribution in [0.15, 0.2) is 53.7 Å². The monoisotopic (exact) mass is 506 g/mol. The van der Waals surface area contributed by atoms with Crippen LogP contribution in [0.4, 0.5) is 0 Å². The number of unbranched alkanes of at least 4 members (excludes halogenated alkanes) is 9. The first-order chi connectivity index (χ1) is 16.8. The third kappa shape index (κ3) is 13.9. The Morgan fingerprint density at radius 1 is 0.714 bits per heavy atom. The zero-order valence-electron chi connectivity index (χ0n) is 22.8. The van der Waals surface area contributed by atoms with Gasteiger partial charge >= 0.3 is 0 Å². The topological polar surface area (TPSA) is 62.1 Å². The van der Waals surface area contributed by atoms with E-state index in [0.717, 1.165) is 5.56 Å². The van der Waals surface area contributed by atoms with Crippen molar-refractivity contribution < 1.29 is 17.5 Å². The maximum absolute atomic E-state index is 10.4. The third-order valence-corrected chi connectivity index (χ3v) is 8.14. The lowest BCUT2D eigenvalue weighted by Gasteiger charge is -2.35. The second kappa shape index (κ2) is 17.7. The van der Waals surface area contributed by atoms with E-state index in [9.17, 15) is 13.0 Å². The van der Waals surface area contributed by atoms with Crippen LogP contribution in [0.5, 0.6) is 0 Å². The van der Waals surface area contributed by atoms with Gasteiger partial charge in [0.15, 0.2) is 0 Å². The zero-order chi connectivity index (χ0) is 26.0. The average molecular weight is 507 g/mol. The van der Waals surface area contributed by atoms with E-state index in [0.29, 0.717) is 0 Å². The number of aromatic nitrogens is 1. The van der Waals surface area contributed by atoms with Gasteiger partial charge in [-0.1, -0.05) is 62.6 Å². The van der Waals surface area contributed by atoms with Gasteiger partial charge < -0.3 is 13.6 Å². The van der Waals surface area contributed by atoms with Crippen molar-refractivity contribution >= 4 is 10.1 Å². The summed E-state index contributed by atoms with van der Waals surface area (Å²) in [6.07, 6.45) is 18.6. The van der Waals surface area contributed by atoms with Crippen molar-refractivity contribution in [2.45, 2.75) is 103 Å². The molecule has 6 heteroatoms. The maximum Gasteiger partial charge on any atom is 0.124 e. The summed E-state index contributed by atoms with van der Waals surface area (Å²) in [5, 5.41) is 0. The highest BCUT2D eigenvalue weighted by Crippen LogP contribution is 2.14. The lowest BCUT2D eigenvalue weighted by Crippen LogP contribution is -2.48. The Balaban J connectivity index is 0.000000462. The molecule has 5 nitrogen and oxygen atoms in total. The summed E-state index contributed by atoms with van der Waals surface area (Å²) in [5.41, 5.74) is 0.928. The van der Waals surface area contributed by atoms with E-state index >= 15 is 0 Å². The smallest absolute Gasteiger partial charge is 0.124 e. The molecule has 0 fully saturated rings. The molecule has 0 radical (unpaired) electrons. The van der Waals surface area contributed by atoms with Crippen molar-refractivity contribution in [1.29, 1.82) is 0 Å². The summed E-state index contributed by atoms with van der Waals surface area (Å²) in [6, 6.07) is 10.0. The van der Waals surface area contributed by atoms with Crippen LogP contribution < -0.4 is 0 Å². The second-order valence-electron chi connectivity index (χ2n) is 9.74. The molecule has 200 valence electrons. The van der Waals surface area contributed by atoms with Crippen LogP contribution in [0.3, 0.4) is 0 Å². The van der Waals surface area contributed by atoms with Gasteiger partial charge in [0, 0.05) is 18.9 Å². The molecule has 0 N–H and O–H groups in total. The number of hydrogen-bond acceptors (Lipinski definition) is 3. The fraction of sp³-hybridized carbons (Fsp3) is 0.655. The fourth-order valence-corrected chi connectivity index (χ4v) is 4.99. The molecular weight excluding hydrogens is 456 g/mol. The summed E-state index contributed by atoms with van der Waals surface area (Å²) in [7, 11) is -4.27. The van der Waals surface area contributed by atoms with Gasteiger partial charge in [0.25, 0.3) is 0 Å². The van der Waals surface area contributed by atoms with Crippen molar-refractivity contribution in [3.05, 3.63) is 54.4 Å². The number of rotatable bonds is 17. The van der Waals surface area contributed by atoms with Crippen LogP contribution >= 0.6 is 0 Å². The van der Waals surface area contributed by atoms with E-state index in [1.807, 2.05) is 6.92 Å². The molecule has 2 aromatic rings. The molecule has 1 aromatic heterocycles. The van der Waals surface area contributed by atoms with Crippen LogP contribution in [0.1, 0.15) is 90.5 Å². The van der Waals surface area contributed by atoms with Crippen LogP contribution in [-0.4, -0.2) is 48.2 Å². The summed E-state index contributed by atoms with van der Waals surface area (Å²) in [6.45, 7) is 15.4. The number of hydrogen-bond donors (Lipinski definition) is 0. The molecule has 0 aliphatic heterocycles. The normalized spacial score (nSPS) is 11.8. The van der Waals surface area contributed by atoms with Crippen molar-refractivity contribution in [2.24, 2.45) is 0 Å². The fourth-order valence-electron chi connectivity index (χ4n) is 4.53. The van der Waals surface area contributed by atoms with Crippen LogP contribution in [0, 0.1) is 6.92 Å². The van der Waals surface area contributed by atoms with Gasteiger partial charge in [0.05, 0.1) is 31.1 Å².